The number of ether oxygens (including phenoxy) is 1. The Kier molecular flexibility index (Phi) is 5.81. The zero-order chi connectivity index (χ0) is 19.1. The summed E-state index contributed by atoms with van der Waals surface area (Å²) in [6.45, 7) is 1.47. The largest absolute Gasteiger partial charge is 0.495 e. The van der Waals surface area contributed by atoms with E-state index in [0.717, 1.165) is 12.8 Å². The van der Waals surface area contributed by atoms with E-state index in [1.165, 1.54) is 19.4 Å². The van der Waals surface area contributed by atoms with Crippen LogP contribution in [-0.4, -0.2) is 55.0 Å². The number of rotatable bonds is 6. The van der Waals surface area contributed by atoms with E-state index in [1.807, 2.05) is 4.90 Å². The Hall–Kier alpha value is -2.32. The van der Waals surface area contributed by atoms with E-state index in [1.54, 1.807) is 6.07 Å². The summed E-state index contributed by atoms with van der Waals surface area (Å²) in [5, 5.41) is 12.7. The molecule has 2 heterocycles. The first-order valence-electron chi connectivity index (χ1n) is 9.07. The molecule has 152 valence electrons. The molecule has 1 saturated carbocycles. The summed E-state index contributed by atoms with van der Waals surface area (Å²) < 4.78 is 19.9. The van der Waals surface area contributed by atoms with Crippen molar-refractivity contribution in [3.63, 3.8) is 0 Å². The van der Waals surface area contributed by atoms with Crippen molar-refractivity contribution in [1.82, 2.24) is 10.3 Å². The van der Waals surface area contributed by atoms with Gasteiger partial charge in [0.05, 0.1) is 23.7 Å². The van der Waals surface area contributed by atoms with Crippen LogP contribution in [0.3, 0.4) is 0 Å². The molecule has 2 fully saturated rings. The highest BCUT2D eigenvalue weighted by molar-refractivity contribution is 5.94. The lowest BCUT2D eigenvalue weighted by atomic mass is 10.1. The van der Waals surface area contributed by atoms with Crippen molar-refractivity contribution in [3.8, 4) is 5.75 Å². The number of hydrogen-bond donors (Lipinski definition) is 3. The van der Waals surface area contributed by atoms with Crippen LogP contribution in [-0.2, 0) is 0 Å². The number of H-pyrrole nitrogens is 1. The van der Waals surface area contributed by atoms with Crippen LogP contribution in [0, 0.1) is 5.92 Å². The zero-order valence-electron chi connectivity index (χ0n) is 15.4. The van der Waals surface area contributed by atoms with Crippen molar-refractivity contribution < 1.29 is 19.0 Å². The Morgan fingerprint density at radius 3 is 2.79 bits per heavy atom. The number of fused-ring (bicyclic) bond motifs is 1. The number of benzene rings is 1. The lowest BCUT2D eigenvalue weighted by Crippen LogP contribution is -2.30. The third-order valence-corrected chi connectivity index (χ3v) is 5.36. The number of nitrogens with one attached hydrogen (secondary N) is 2. The van der Waals surface area contributed by atoms with Crippen LogP contribution in [0.5, 0.6) is 5.75 Å². The van der Waals surface area contributed by atoms with Gasteiger partial charge in [0.2, 0.25) is 5.43 Å². The fraction of sp³-hybridized carbons (Fsp3) is 0.474. The van der Waals surface area contributed by atoms with Crippen molar-refractivity contribution >= 4 is 35.0 Å². The van der Waals surface area contributed by atoms with Crippen molar-refractivity contribution in [1.29, 1.82) is 0 Å². The van der Waals surface area contributed by atoms with Gasteiger partial charge in [0.25, 0.3) is 0 Å². The second kappa shape index (κ2) is 7.97. The minimum Gasteiger partial charge on any atom is -0.495 e. The zero-order valence-corrected chi connectivity index (χ0v) is 16.2. The molecule has 0 radical (unpaired) electrons. The number of aromatic carboxylic acids is 1. The van der Waals surface area contributed by atoms with Gasteiger partial charge < -0.3 is 25.0 Å². The molecule has 1 aromatic carbocycles. The normalized spacial score (nSPS) is 21.6. The van der Waals surface area contributed by atoms with Crippen molar-refractivity contribution in [2.45, 2.75) is 25.1 Å². The smallest absolute Gasteiger partial charge is 0.341 e. The van der Waals surface area contributed by atoms with E-state index >= 15 is 0 Å². The Bertz CT molecular complexity index is 947. The second-order valence-electron chi connectivity index (χ2n) is 7.27. The SMILES string of the molecule is COc1cc2c(=O)c(C(=O)O)c[nH]c2cc1N1C[C@H](CNC2CC2)[C@H](F)C1.Cl. The first kappa shape index (κ1) is 20.4. The number of halogens is 2. The highest BCUT2D eigenvalue weighted by Gasteiger charge is 2.35. The first-order valence-corrected chi connectivity index (χ1v) is 9.07. The molecule has 0 spiro atoms. The summed E-state index contributed by atoms with van der Waals surface area (Å²) in [5.74, 6) is -0.954. The Morgan fingerprint density at radius 2 is 2.14 bits per heavy atom. The molecule has 9 heteroatoms. The highest BCUT2D eigenvalue weighted by Crippen LogP contribution is 2.36. The molecule has 0 unspecified atom stereocenters. The van der Waals surface area contributed by atoms with E-state index < -0.39 is 17.6 Å². The third kappa shape index (κ3) is 3.79. The van der Waals surface area contributed by atoms with Crippen LogP contribution in [0.2, 0.25) is 0 Å². The van der Waals surface area contributed by atoms with Crippen molar-refractivity contribution in [3.05, 3.63) is 34.1 Å². The van der Waals surface area contributed by atoms with Gasteiger partial charge in [-0.2, -0.15) is 0 Å². The molecule has 1 saturated heterocycles. The molecule has 4 rings (SSSR count). The summed E-state index contributed by atoms with van der Waals surface area (Å²) in [4.78, 5) is 28.3. The van der Waals surface area contributed by atoms with Crippen LogP contribution in [0.1, 0.15) is 23.2 Å². The minimum absolute atomic E-state index is 0. The number of methoxy groups -OCH3 is 1. The second-order valence-corrected chi connectivity index (χ2v) is 7.27. The number of alkyl halides is 1. The van der Waals surface area contributed by atoms with Gasteiger partial charge in [0.1, 0.15) is 17.5 Å². The first-order chi connectivity index (χ1) is 13.0. The van der Waals surface area contributed by atoms with Gasteiger partial charge >= 0.3 is 5.97 Å². The number of pyridine rings is 1. The van der Waals surface area contributed by atoms with Crippen LogP contribution >= 0.6 is 12.4 Å². The van der Waals surface area contributed by atoms with Gasteiger partial charge in [-0.1, -0.05) is 0 Å². The molecule has 3 N–H and O–H groups in total. The summed E-state index contributed by atoms with van der Waals surface area (Å²) in [7, 11) is 1.48. The lowest BCUT2D eigenvalue weighted by molar-refractivity contribution is 0.0695. The lowest BCUT2D eigenvalue weighted by Gasteiger charge is -2.21. The van der Waals surface area contributed by atoms with Gasteiger partial charge in [-0.25, -0.2) is 9.18 Å². The number of hydrogen-bond acceptors (Lipinski definition) is 5. The van der Waals surface area contributed by atoms with Crippen LogP contribution in [0.15, 0.2) is 23.1 Å². The summed E-state index contributed by atoms with van der Waals surface area (Å²) in [6.07, 6.45) is 2.58. The van der Waals surface area contributed by atoms with Gasteiger partial charge in [0, 0.05) is 37.8 Å². The molecule has 1 aliphatic carbocycles. The standard InChI is InChI=1S/C19H22FN3O4.ClH/c1-27-17-4-12-15(22-7-13(18(12)24)19(25)26)5-16(17)23-8-10(14(20)9-23)6-21-11-2-3-11;/h4-5,7,10-11,14,21H,2-3,6,8-9H2,1H3,(H,22,24)(H,25,26);1H/t10-,14+;/m0./s1. The predicted molar refractivity (Wildman–Crippen MR) is 107 cm³/mol. The molecule has 1 aromatic heterocycles. The van der Waals surface area contributed by atoms with E-state index in [4.69, 9.17) is 9.84 Å². The molecule has 2 aromatic rings. The minimum atomic E-state index is -1.29. The average Bonchev–Trinajstić information content (AvgIpc) is 3.40. The van der Waals surface area contributed by atoms with Crippen LogP contribution < -0.4 is 20.4 Å². The molecule has 0 amide bonds. The number of nitrogens with zero attached hydrogens (tertiary/aromatic N) is 1. The van der Waals surface area contributed by atoms with E-state index in [9.17, 15) is 14.0 Å². The summed E-state index contributed by atoms with van der Waals surface area (Å²) in [6, 6.07) is 3.79. The monoisotopic (exact) mass is 411 g/mol. The topological polar surface area (TPSA) is 94.7 Å². The molecule has 28 heavy (non-hydrogen) atoms. The maximum Gasteiger partial charge on any atom is 0.341 e. The van der Waals surface area contributed by atoms with E-state index in [0.29, 0.717) is 36.1 Å². The third-order valence-electron chi connectivity index (χ3n) is 5.36. The number of aromatic nitrogens is 1. The maximum atomic E-state index is 14.5. The number of anilines is 1. The van der Waals surface area contributed by atoms with Gasteiger partial charge in [-0.05, 0) is 25.0 Å². The Morgan fingerprint density at radius 1 is 1.39 bits per heavy atom. The van der Waals surface area contributed by atoms with Gasteiger partial charge in [-0.3, -0.25) is 4.79 Å². The highest BCUT2D eigenvalue weighted by atomic mass is 35.5. The molecular formula is C19H23ClFN3O4. The number of carbonyl (C=O) groups is 1. The fourth-order valence-corrected chi connectivity index (χ4v) is 3.63. The van der Waals surface area contributed by atoms with Crippen molar-refractivity contribution in [2.24, 2.45) is 5.92 Å². The Balaban J connectivity index is 0.00000225. The van der Waals surface area contributed by atoms with Crippen LogP contribution in [0.4, 0.5) is 10.1 Å². The quantitative estimate of drug-likeness (QED) is 0.674. The van der Waals surface area contributed by atoms with E-state index in [-0.39, 0.29) is 35.8 Å². The average molecular weight is 412 g/mol. The van der Waals surface area contributed by atoms with E-state index in [2.05, 4.69) is 10.3 Å². The summed E-state index contributed by atoms with van der Waals surface area (Å²) in [5.41, 5.74) is 0.293. The molecule has 2 atom stereocenters. The number of aromatic amines is 1. The summed E-state index contributed by atoms with van der Waals surface area (Å²) >= 11 is 0. The number of carboxylic acids is 1. The molecule has 0 bridgehead atoms. The fourth-order valence-electron chi connectivity index (χ4n) is 3.63. The van der Waals surface area contributed by atoms with Crippen LogP contribution in [0.25, 0.3) is 10.9 Å². The molecule has 1 aliphatic heterocycles. The molecule has 7 nitrogen and oxygen atoms in total. The van der Waals surface area contributed by atoms with Gasteiger partial charge in [0.15, 0.2) is 0 Å². The van der Waals surface area contributed by atoms with Crippen molar-refractivity contribution in [2.75, 3.05) is 31.6 Å². The molecular weight excluding hydrogens is 389 g/mol. The maximum absolute atomic E-state index is 14.5. The molecule has 2 aliphatic rings. The van der Waals surface area contributed by atoms with Gasteiger partial charge in [-0.15, -0.1) is 12.4 Å². The number of carboxylic acid groups (broad SMARTS) is 1. The Labute approximate surface area is 167 Å². The predicted octanol–water partition coefficient (Wildman–Crippen LogP) is 2.18.